The highest BCUT2D eigenvalue weighted by Crippen LogP contribution is 2.31. The summed E-state index contributed by atoms with van der Waals surface area (Å²) in [5, 5.41) is 9.44. The number of imidazole rings is 1. The highest BCUT2D eigenvalue weighted by Gasteiger charge is 2.22. The van der Waals surface area contributed by atoms with Crippen LogP contribution in [-0.2, 0) is 0 Å². The van der Waals surface area contributed by atoms with Crippen LogP contribution in [0.1, 0.15) is 68.7 Å². The van der Waals surface area contributed by atoms with E-state index in [2.05, 4.69) is 37.2 Å². The van der Waals surface area contributed by atoms with Gasteiger partial charge in [0.2, 0.25) is 0 Å². The Morgan fingerprint density at radius 3 is 2.45 bits per heavy atom. The molecular formula is C16H22N2O2. The van der Waals surface area contributed by atoms with Crippen molar-refractivity contribution in [2.24, 2.45) is 0 Å². The zero-order valence-corrected chi connectivity index (χ0v) is 12.6. The monoisotopic (exact) mass is 274 g/mol. The Morgan fingerprint density at radius 1 is 1.30 bits per heavy atom. The van der Waals surface area contributed by atoms with Gasteiger partial charge in [-0.05, 0) is 25.0 Å². The number of hydrogen-bond donors (Lipinski definition) is 1. The van der Waals surface area contributed by atoms with Gasteiger partial charge in [0.25, 0.3) is 0 Å². The number of benzene rings is 1. The number of aromatic nitrogens is 2. The normalized spacial score (nSPS) is 11.7. The molecule has 4 nitrogen and oxygen atoms in total. The molecule has 2 rings (SSSR count). The number of fused-ring (bicyclic) bond motifs is 1. The van der Waals surface area contributed by atoms with Crippen LogP contribution in [0.3, 0.4) is 0 Å². The summed E-state index contributed by atoms with van der Waals surface area (Å²) in [6, 6.07) is 5.61. The van der Waals surface area contributed by atoms with E-state index in [-0.39, 0.29) is 12.0 Å². The van der Waals surface area contributed by atoms with E-state index >= 15 is 0 Å². The zero-order valence-electron chi connectivity index (χ0n) is 12.6. The van der Waals surface area contributed by atoms with Gasteiger partial charge in [0.15, 0.2) is 0 Å². The summed E-state index contributed by atoms with van der Waals surface area (Å²) in [6.07, 6.45) is 1.94. The first-order valence-electron chi connectivity index (χ1n) is 7.25. The third kappa shape index (κ3) is 2.30. The van der Waals surface area contributed by atoms with Gasteiger partial charge in [0.1, 0.15) is 5.82 Å². The largest absolute Gasteiger partial charge is 0.478 e. The second kappa shape index (κ2) is 5.65. The fourth-order valence-corrected chi connectivity index (χ4v) is 2.77. The molecule has 0 fully saturated rings. The Hall–Kier alpha value is -1.84. The van der Waals surface area contributed by atoms with Gasteiger partial charge in [-0.25, -0.2) is 9.78 Å². The molecule has 108 valence electrons. The maximum Gasteiger partial charge on any atom is 0.337 e. The Bertz CT molecular complexity index is 625. The van der Waals surface area contributed by atoms with Crippen LogP contribution in [0.15, 0.2) is 18.2 Å². The molecule has 0 spiro atoms. The molecule has 4 heteroatoms. The minimum Gasteiger partial charge on any atom is -0.478 e. The average molecular weight is 274 g/mol. The summed E-state index contributed by atoms with van der Waals surface area (Å²) in [4.78, 5) is 16.2. The quantitative estimate of drug-likeness (QED) is 0.888. The first-order chi connectivity index (χ1) is 9.51. The summed E-state index contributed by atoms with van der Waals surface area (Å²) in [7, 11) is 0. The van der Waals surface area contributed by atoms with Crippen LogP contribution in [0.5, 0.6) is 0 Å². The predicted octanol–water partition coefficient (Wildman–Crippen LogP) is 4.22. The Kier molecular flexibility index (Phi) is 4.12. The Morgan fingerprint density at radius 2 is 1.95 bits per heavy atom. The lowest BCUT2D eigenvalue weighted by molar-refractivity contribution is 0.0698. The second-order valence-corrected chi connectivity index (χ2v) is 5.44. The third-order valence-corrected chi connectivity index (χ3v) is 3.79. The van der Waals surface area contributed by atoms with Crippen molar-refractivity contribution < 1.29 is 9.90 Å². The summed E-state index contributed by atoms with van der Waals surface area (Å²) in [5.74, 6) is 0.352. The maximum atomic E-state index is 11.5. The van der Waals surface area contributed by atoms with Crippen molar-refractivity contribution in [2.75, 3.05) is 0 Å². The van der Waals surface area contributed by atoms with Crippen LogP contribution < -0.4 is 0 Å². The van der Waals surface area contributed by atoms with Gasteiger partial charge in [-0.2, -0.15) is 0 Å². The van der Waals surface area contributed by atoms with Gasteiger partial charge >= 0.3 is 5.97 Å². The summed E-state index contributed by atoms with van der Waals surface area (Å²) in [5.41, 5.74) is 1.88. The van der Waals surface area contributed by atoms with Crippen molar-refractivity contribution in [2.45, 2.75) is 52.5 Å². The van der Waals surface area contributed by atoms with E-state index in [1.165, 1.54) is 0 Å². The summed E-state index contributed by atoms with van der Waals surface area (Å²) >= 11 is 0. The van der Waals surface area contributed by atoms with Crippen LogP contribution in [0.2, 0.25) is 0 Å². The molecule has 1 heterocycles. The van der Waals surface area contributed by atoms with Gasteiger partial charge in [0.05, 0.1) is 16.6 Å². The number of carboxylic acid groups (broad SMARTS) is 1. The van der Waals surface area contributed by atoms with E-state index < -0.39 is 5.97 Å². The maximum absolute atomic E-state index is 11.5. The number of para-hydroxylation sites is 1. The van der Waals surface area contributed by atoms with Crippen molar-refractivity contribution in [3.8, 4) is 0 Å². The minimum absolute atomic E-state index is 0.268. The third-order valence-electron chi connectivity index (χ3n) is 3.79. The number of aromatic carboxylic acids is 1. The summed E-state index contributed by atoms with van der Waals surface area (Å²) < 4.78 is 2.14. The van der Waals surface area contributed by atoms with Crippen LogP contribution in [0, 0.1) is 0 Å². The average Bonchev–Trinajstić information content (AvgIpc) is 2.80. The van der Waals surface area contributed by atoms with E-state index in [1.54, 1.807) is 12.1 Å². The fourth-order valence-electron chi connectivity index (χ4n) is 2.77. The van der Waals surface area contributed by atoms with Gasteiger partial charge in [0, 0.05) is 12.0 Å². The first-order valence-corrected chi connectivity index (χ1v) is 7.25. The van der Waals surface area contributed by atoms with Crippen LogP contribution in [0.25, 0.3) is 11.0 Å². The lowest BCUT2D eigenvalue weighted by Crippen LogP contribution is -2.13. The molecule has 0 aliphatic carbocycles. The lowest BCUT2D eigenvalue weighted by Gasteiger charge is -2.21. The fraction of sp³-hybridized carbons (Fsp3) is 0.500. The van der Waals surface area contributed by atoms with E-state index in [4.69, 9.17) is 0 Å². The molecule has 0 bridgehead atoms. The van der Waals surface area contributed by atoms with Gasteiger partial charge in [-0.3, -0.25) is 0 Å². The lowest BCUT2D eigenvalue weighted by atomic mass is 10.1. The standard InChI is InChI=1S/C16H22N2O2/c1-5-11(6-2)18-14-12(16(19)20)8-7-9-13(14)17-15(18)10(3)4/h7-11H,5-6H2,1-4H3,(H,19,20). The molecule has 0 saturated carbocycles. The van der Waals surface area contributed by atoms with E-state index in [0.717, 1.165) is 29.7 Å². The Balaban J connectivity index is 2.84. The van der Waals surface area contributed by atoms with Gasteiger partial charge in [-0.1, -0.05) is 33.8 Å². The molecule has 0 amide bonds. The molecule has 0 aliphatic rings. The highest BCUT2D eigenvalue weighted by molar-refractivity contribution is 6.01. The molecule has 1 N–H and O–H groups in total. The minimum atomic E-state index is -0.891. The predicted molar refractivity (Wildman–Crippen MR) is 80.4 cm³/mol. The SMILES string of the molecule is CCC(CC)n1c(C(C)C)nc2cccc(C(=O)O)c21. The molecule has 1 aromatic heterocycles. The highest BCUT2D eigenvalue weighted by atomic mass is 16.4. The second-order valence-electron chi connectivity index (χ2n) is 5.44. The zero-order chi connectivity index (χ0) is 14.9. The first kappa shape index (κ1) is 14.6. The number of rotatable bonds is 5. The van der Waals surface area contributed by atoms with E-state index in [9.17, 15) is 9.90 Å². The van der Waals surface area contributed by atoms with Gasteiger partial charge < -0.3 is 9.67 Å². The molecule has 0 unspecified atom stereocenters. The molecule has 0 saturated heterocycles. The van der Waals surface area contributed by atoms with Crippen molar-refractivity contribution in [3.63, 3.8) is 0 Å². The number of carbonyl (C=O) groups is 1. The molecule has 2 aromatic rings. The van der Waals surface area contributed by atoms with Crippen LogP contribution in [0.4, 0.5) is 0 Å². The van der Waals surface area contributed by atoms with Crippen molar-refractivity contribution >= 4 is 17.0 Å². The molecular weight excluding hydrogens is 252 g/mol. The number of carboxylic acids is 1. The van der Waals surface area contributed by atoms with Crippen LogP contribution >= 0.6 is 0 Å². The molecule has 0 aliphatic heterocycles. The number of hydrogen-bond acceptors (Lipinski definition) is 2. The topological polar surface area (TPSA) is 55.1 Å². The van der Waals surface area contributed by atoms with E-state index in [1.807, 2.05) is 6.07 Å². The number of nitrogens with zero attached hydrogens (tertiary/aromatic N) is 2. The van der Waals surface area contributed by atoms with Crippen molar-refractivity contribution in [1.82, 2.24) is 9.55 Å². The molecule has 0 radical (unpaired) electrons. The molecule has 1 aromatic carbocycles. The van der Waals surface area contributed by atoms with Gasteiger partial charge in [-0.15, -0.1) is 0 Å². The van der Waals surface area contributed by atoms with E-state index in [0.29, 0.717) is 5.56 Å². The molecule has 20 heavy (non-hydrogen) atoms. The van der Waals surface area contributed by atoms with Crippen LogP contribution in [-0.4, -0.2) is 20.6 Å². The van der Waals surface area contributed by atoms with Crippen molar-refractivity contribution in [3.05, 3.63) is 29.6 Å². The Labute approximate surface area is 119 Å². The molecule has 0 atom stereocenters. The smallest absolute Gasteiger partial charge is 0.337 e. The van der Waals surface area contributed by atoms with Crippen molar-refractivity contribution in [1.29, 1.82) is 0 Å². The summed E-state index contributed by atoms with van der Waals surface area (Å²) in [6.45, 7) is 8.46.